The monoisotopic (exact) mass is 324 g/mol. The molecular weight excluding hydrogens is 304 g/mol. The maximum atomic E-state index is 12.6. The maximum Gasteiger partial charge on any atom is 0.254 e. The summed E-state index contributed by atoms with van der Waals surface area (Å²) in [5, 5.41) is 3.39. The zero-order chi connectivity index (χ0) is 13.8. The van der Waals surface area contributed by atoms with E-state index in [0.29, 0.717) is 6.04 Å². The lowest BCUT2D eigenvalue weighted by atomic mass is 10.0. The third kappa shape index (κ3) is 3.57. The summed E-state index contributed by atoms with van der Waals surface area (Å²) in [6.45, 7) is 4.05. The molecule has 1 atom stereocenters. The summed E-state index contributed by atoms with van der Waals surface area (Å²) in [5.74, 6) is 0.136. The minimum Gasteiger partial charge on any atom is -0.339 e. The topological polar surface area (TPSA) is 32.3 Å². The fourth-order valence-corrected chi connectivity index (χ4v) is 3.09. The van der Waals surface area contributed by atoms with Crippen molar-refractivity contribution < 1.29 is 4.79 Å². The second kappa shape index (κ2) is 6.53. The predicted octanol–water partition coefficient (Wildman–Crippen LogP) is 2.97. The van der Waals surface area contributed by atoms with Crippen LogP contribution in [0.3, 0.4) is 0 Å². The first kappa shape index (κ1) is 14.5. The van der Waals surface area contributed by atoms with Gasteiger partial charge in [-0.15, -0.1) is 0 Å². The Morgan fingerprint density at radius 2 is 2.16 bits per heavy atom. The lowest BCUT2D eigenvalue weighted by Crippen LogP contribution is -2.37. The summed E-state index contributed by atoms with van der Waals surface area (Å²) in [5.41, 5.74) is 1.83. The van der Waals surface area contributed by atoms with Gasteiger partial charge in [-0.25, -0.2) is 0 Å². The van der Waals surface area contributed by atoms with E-state index < -0.39 is 0 Å². The summed E-state index contributed by atoms with van der Waals surface area (Å²) >= 11 is 3.44. The van der Waals surface area contributed by atoms with Crippen molar-refractivity contribution in [3.8, 4) is 0 Å². The van der Waals surface area contributed by atoms with Crippen LogP contribution in [-0.2, 0) is 0 Å². The Bertz CT molecular complexity index is 453. The molecule has 0 radical (unpaired) electrons. The van der Waals surface area contributed by atoms with Crippen LogP contribution >= 0.6 is 15.9 Å². The van der Waals surface area contributed by atoms with Crippen LogP contribution in [0.5, 0.6) is 0 Å². The molecule has 19 heavy (non-hydrogen) atoms. The van der Waals surface area contributed by atoms with Gasteiger partial charge in [-0.1, -0.05) is 15.9 Å². The van der Waals surface area contributed by atoms with Gasteiger partial charge in [0.05, 0.1) is 0 Å². The number of amides is 1. The van der Waals surface area contributed by atoms with Crippen molar-refractivity contribution in [2.24, 2.45) is 0 Å². The molecule has 0 saturated carbocycles. The Balaban J connectivity index is 2.13. The molecule has 1 saturated heterocycles. The van der Waals surface area contributed by atoms with E-state index in [0.717, 1.165) is 48.0 Å². The van der Waals surface area contributed by atoms with E-state index in [9.17, 15) is 4.79 Å². The first-order valence-corrected chi connectivity index (χ1v) is 7.63. The number of hydrogen-bond donors (Lipinski definition) is 1. The molecule has 1 fully saturated rings. The zero-order valence-corrected chi connectivity index (χ0v) is 13.2. The van der Waals surface area contributed by atoms with Gasteiger partial charge in [0.2, 0.25) is 0 Å². The minimum absolute atomic E-state index is 0.136. The number of hydrogen-bond acceptors (Lipinski definition) is 2. The summed E-state index contributed by atoms with van der Waals surface area (Å²) in [4.78, 5) is 14.5. The number of carbonyl (C=O) groups excluding carboxylic acids is 1. The fraction of sp³-hybridized carbons (Fsp3) is 0.533. The molecule has 1 aliphatic rings. The van der Waals surface area contributed by atoms with E-state index >= 15 is 0 Å². The molecule has 1 aromatic carbocycles. The van der Waals surface area contributed by atoms with Crippen molar-refractivity contribution in [1.29, 1.82) is 0 Å². The highest BCUT2D eigenvalue weighted by Gasteiger charge is 2.22. The second-order valence-corrected chi connectivity index (χ2v) is 6.13. The predicted molar refractivity (Wildman–Crippen MR) is 81.5 cm³/mol. The van der Waals surface area contributed by atoms with E-state index in [1.807, 2.05) is 37.1 Å². The van der Waals surface area contributed by atoms with E-state index in [2.05, 4.69) is 21.2 Å². The number of halogens is 1. The molecule has 1 aliphatic heterocycles. The van der Waals surface area contributed by atoms with Crippen molar-refractivity contribution in [3.63, 3.8) is 0 Å². The highest BCUT2D eigenvalue weighted by molar-refractivity contribution is 9.10. The quantitative estimate of drug-likeness (QED) is 0.907. The van der Waals surface area contributed by atoms with Crippen LogP contribution < -0.4 is 5.32 Å². The Hall–Kier alpha value is -0.870. The molecule has 0 spiro atoms. The Kier molecular flexibility index (Phi) is 4.99. The van der Waals surface area contributed by atoms with Crippen LogP contribution in [0.15, 0.2) is 22.7 Å². The second-order valence-electron chi connectivity index (χ2n) is 5.21. The standard InChI is InChI=1S/C15H21BrN2O/c1-11-10-12(16)5-6-14(11)15(19)18(2)13-4-3-8-17-9-7-13/h5-6,10,13,17H,3-4,7-9H2,1-2H3. The normalized spacial score (nSPS) is 19.8. The van der Waals surface area contributed by atoms with Crippen LogP contribution in [0.25, 0.3) is 0 Å². The molecule has 1 heterocycles. The summed E-state index contributed by atoms with van der Waals surface area (Å²) in [7, 11) is 1.93. The third-order valence-corrected chi connectivity index (χ3v) is 4.33. The van der Waals surface area contributed by atoms with Gasteiger partial charge in [0.1, 0.15) is 0 Å². The van der Waals surface area contributed by atoms with Crippen LogP contribution in [-0.4, -0.2) is 37.0 Å². The van der Waals surface area contributed by atoms with E-state index in [-0.39, 0.29) is 5.91 Å². The van der Waals surface area contributed by atoms with Crippen LogP contribution in [0.1, 0.15) is 35.2 Å². The van der Waals surface area contributed by atoms with Gasteiger partial charge in [-0.05, 0) is 63.0 Å². The van der Waals surface area contributed by atoms with Gasteiger partial charge in [0.15, 0.2) is 0 Å². The molecule has 1 N–H and O–H groups in total. The van der Waals surface area contributed by atoms with Crippen molar-refractivity contribution in [1.82, 2.24) is 10.2 Å². The Morgan fingerprint density at radius 3 is 2.89 bits per heavy atom. The Morgan fingerprint density at radius 1 is 1.37 bits per heavy atom. The van der Waals surface area contributed by atoms with Crippen molar-refractivity contribution in [3.05, 3.63) is 33.8 Å². The van der Waals surface area contributed by atoms with Crippen LogP contribution in [0, 0.1) is 6.92 Å². The van der Waals surface area contributed by atoms with E-state index in [1.165, 1.54) is 0 Å². The summed E-state index contributed by atoms with van der Waals surface area (Å²) in [6.07, 6.45) is 3.27. The van der Waals surface area contributed by atoms with Crippen molar-refractivity contribution >= 4 is 21.8 Å². The summed E-state index contributed by atoms with van der Waals surface area (Å²) in [6, 6.07) is 6.19. The Labute approximate surface area is 123 Å². The van der Waals surface area contributed by atoms with Gasteiger partial charge >= 0.3 is 0 Å². The van der Waals surface area contributed by atoms with Crippen molar-refractivity contribution in [2.45, 2.75) is 32.2 Å². The maximum absolute atomic E-state index is 12.6. The molecule has 0 aromatic heterocycles. The van der Waals surface area contributed by atoms with Crippen LogP contribution in [0.2, 0.25) is 0 Å². The molecule has 2 rings (SSSR count). The molecule has 4 heteroatoms. The lowest BCUT2D eigenvalue weighted by Gasteiger charge is -2.27. The average molecular weight is 325 g/mol. The van der Waals surface area contributed by atoms with E-state index in [4.69, 9.17) is 0 Å². The molecule has 1 aromatic rings. The van der Waals surface area contributed by atoms with E-state index in [1.54, 1.807) is 0 Å². The first-order chi connectivity index (χ1) is 9.09. The number of nitrogens with zero attached hydrogens (tertiary/aromatic N) is 1. The van der Waals surface area contributed by atoms with Gasteiger partial charge in [0, 0.05) is 23.1 Å². The fourth-order valence-electron chi connectivity index (χ4n) is 2.61. The summed E-state index contributed by atoms with van der Waals surface area (Å²) < 4.78 is 1.02. The SMILES string of the molecule is Cc1cc(Br)ccc1C(=O)N(C)C1CCCNCC1. The van der Waals surface area contributed by atoms with Gasteiger partial charge in [-0.2, -0.15) is 0 Å². The number of aryl methyl sites for hydroxylation is 1. The first-order valence-electron chi connectivity index (χ1n) is 6.83. The highest BCUT2D eigenvalue weighted by Crippen LogP contribution is 2.20. The van der Waals surface area contributed by atoms with Crippen LogP contribution in [0.4, 0.5) is 0 Å². The van der Waals surface area contributed by atoms with Gasteiger partial charge in [-0.3, -0.25) is 4.79 Å². The van der Waals surface area contributed by atoms with Gasteiger partial charge < -0.3 is 10.2 Å². The largest absolute Gasteiger partial charge is 0.339 e. The number of benzene rings is 1. The smallest absolute Gasteiger partial charge is 0.254 e. The lowest BCUT2D eigenvalue weighted by molar-refractivity contribution is 0.0719. The van der Waals surface area contributed by atoms with Gasteiger partial charge in [0.25, 0.3) is 5.91 Å². The minimum atomic E-state index is 0.136. The number of nitrogens with one attached hydrogen (secondary N) is 1. The average Bonchev–Trinajstić information content (AvgIpc) is 2.66. The number of rotatable bonds is 2. The molecular formula is C15H21BrN2O. The third-order valence-electron chi connectivity index (χ3n) is 3.83. The molecule has 3 nitrogen and oxygen atoms in total. The molecule has 104 valence electrons. The molecule has 1 unspecified atom stereocenters. The van der Waals surface area contributed by atoms with Crippen molar-refractivity contribution in [2.75, 3.05) is 20.1 Å². The zero-order valence-electron chi connectivity index (χ0n) is 11.6. The molecule has 0 bridgehead atoms. The number of carbonyl (C=O) groups is 1. The molecule has 1 amide bonds. The highest BCUT2D eigenvalue weighted by atomic mass is 79.9. The molecule has 0 aliphatic carbocycles.